The Morgan fingerprint density at radius 1 is 0.373 bits per heavy atom. The van der Waals surface area contributed by atoms with Crippen LogP contribution in [0.15, 0.2) is 217 Å². The van der Waals surface area contributed by atoms with Crippen molar-refractivity contribution in [1.29, 1.82) is 0 Å². The summed E-state index contributed by atoms with van der Waals surface area (Å²) in [6.07, 6.45) is 0. The highest BCUT2D eigenvalue weighted by atomic mass is 32.1. The zero-order valence-electron chi connectivity index (χ0n) is 32.0. The third-order valence-electron chi connectivity index (χ3n) is 11.8. The van der Waals surface area contributed by atoms with Gasteiger partial charge in [-0.05, 0) is 110 Å². The van der Waals surface area contributed by atoms with Crippen molar-refractivity contribution in [3.8, 4) is 33.4 Å². The lowest BCUT2D eigenvalue weighted by molar-refractivity contribution is 0.672. The number of benzene rings is 10. The summed E-state index contributed by atoms with van der Waals surface area (Å²) in [5.41, 5.74) is 12.2. The third-order valence-corrected chi connectivity index (χ3v) is 13.0. The molecule has 2 nitrogen and oxygen atoms in total. The summed E-state index contributed by atoms with van der Waals surface area (Å²) in [6.45, 7) is 0. The molecule has 0 aliphatic carbocycles. The first-order valence-electron chi connectivity index (χ1n) is 20.1. The molecule has 10 aromatic carbocycles. The second-order valence-corrected chi connectivity index (χ2v) is 16.3. The molecule has 0 bridgehead atoms. The quantitative estimate of drug-likeness (QED) is 0.167. The molecule has 0 fully saturated rings. The van der Waals surface area contributed by atoms with E-state index in [1.54, 1.807) is 0 Å². The van der Waals surface area contributed by atoms with Crippen molar-refractivity contribution in [2.45, 2.75) is 0 Å². The minimum atomic E-state index is 0.868. The fourth-order valence-corrected chi connectivity index (χ4v) is 10.2. The average molecular weight is 770 g/mol. The molecule has 276 valence electrons. The molecule has 0 aliphatic heterocycles. The van der Waals surface area contributed by atoms with Gasteiger partial charge in [0.05, 0.1) is 11.1 Å². The number of furan rings is 1. The molecule has 12 rings (SSSR count). The van der Waals surface area contributed by atoms with Crippen molar-refractivity contribution in [2.24, 2.45) is 0 Å². The number of hydrogen-bond donors (Lipinski definition) is 0. The largest absolute Gasteiger partial charge is 0.455 e. The Bertz CT molecular complexity index is 3570. The first kappa shape index (κ1) is 33.7. The molecule has 0 unspecified atom stereocenters. The summed E-state index contributed by atoms with van der Waals surface area (Å²) >= 11 is 1.87. The molecule has 59 heavy (non-hydrogen) atoms. The van der Waals surface area contributed by atoms with Crippen molar-refractivity contribution in [1.82, 2.24) is 0 Å². The van der Waals surface area contributed by atoms with Gasteiger partial charge in [0.2, 0.25) is 0 Å². The summed E-state index contributed by atoms with van der Waals surface area (Å²) in [7, 11) is 0. The van der Waals surface area contributed by atoms with Gasteiger partial charge in [0.15, 0.2) is 0 Å². The van der Waals surface area contributed by atoms with Crippen LogP contribution in [0.4, 0.5) is 17.1 Å². The van der Waals surface area contributed by atoms with E-state index >= 15 is 0 Å². The van der Waals surface area contributed by atoms with Crippen LogP contribution in [0.5, 0.6) is 0 Å². The van der Waals surface area contributed by atoms with Crippen LogP contribution in [-0.4, -0.2) is 0 Å². The summed E-state index contributed by atoms with van der Waals surface area (Å²) in [5.74, 6) is 0. The number of hydrogen-bond acceptors (Lipinski definition) is 3. The van der Waals surface area contributed by atoms with Crippen molar-refractivity contribution < 1.29 is 4.42 Å². The van der Waals surface area contributed by atoms with Gasteiger partial charge in [0, 0.05) is 42.3 Å². The van der Waals surface area contributed by atoms with E-state index < -0.39 is 0 Å². The molecule has 0 atom stereocenters. The molecule has 0 radical (unpaired) electrons. The fraction of sp³-hybridized carbons (Fsp3) is 0. The van der Waals surface area contributed by atoms with E-state index in [1.807, 2.05) is 11.3 Å². The molecule has 3 heteroatoms. The number of nitrogens with zero attached hydrogens (tertiary/aromatic N) is 1. The number of rotatable bonds is 6. The van der Waals surface area contributed by atoms with Crippen LogP contribution in [0.2, 0.25) is 0 Å². The molecule has 2 heterocycles. The predicted octanol–water partition coefficient (Wildman–Crippen LogP) is 16.7. The molecular formula is C56H35NOS. The van der Waals surface area contributed by atoms with Gasteiger partial charge in [-0.2, -0.15) is 0 Å². The van der Waals surface area contributed by atoms with Gasteiger partial charge in [-0.1, -0.05) is 152 Å². The molecule has 0 aliphatic rings. The lowest BCUT2D eigenvalue weighted by atomic mass is 9.97. The summed E-state index contributed by atoms with van der Waals surface area (Å²) in [5, 5.41) is 9.59. The highest BCUT2D eigenvalue weighted by molar-refractivity contribution is 7.26. The average Bonchev–Trinajstić information content (AvgIpc) is 3.89. The summed E-state index contributed by atoms with van der Waals surface area (Å²) in [4.78, 5) is 2.40. The fourth-order valence-electron chi connectivity index (χ4n) is 8.99. The van der Waals surface area contributed by atoms with Crippen LogP contribution in [0.1, 0.15) is 0 Å². The zero-order valence-corrected chi connectivity index (χ0v) is 32.8. The van der Waals surface area contributed by atoms with Crippen molar-refractivity contribution >= 4 is 92.1 Å². The van der Waals surface area contributed by atoms with E-state index in [2.05, 4.69) is 217 Å². The van der Waals surface area contributed by atoms with Gasteiger partial charge in [0.1, 0.15) is 11.2 Å². The Balaban J connectivity index is 1.02. The molecule has 0 amide bonds. The molecule has 0 saturated carbocycles. The van der Waals surface area contributed by atoms with E-state index in [1.165, 1.54) is 69.7 Å². The third kappa shape index (κ3) is 5.62. The first-order valence-corrected chi connectivity index (χ1v) is 20.9. The number of thiophene rings is 1. The van der Waals surface area contributed by atoms with E-state index in [4.69, 9.17) is 4.42 Å². The predicted molar refractivity (Wildman–Crippen MR) is 253 cm³/mol. The maximum Gasteiger partial charge on any atom is 0.143 e. The highest BCUT2D eigenvalue weighted by Crippen LogP contribution is 2.46. The lowest BCUT2D eigenvalue weighted by Gasteiger charge is -2.27. The molecule has 2 aromatic heterocycles. The standard InChI is InChI=1S/C56H35NOS/c1-2-13-39-34-42(26-25-36(39)11-1)41-15-7-14-40(33-41)37-27-30-44(31-28-37)57(51-22-10-23-52-54(51)50-32-29-38-12-3-4-18-46(38)55(50)58-52)45-17-8-16-43(35-45)47-20-9-21-49-48-19-5-6-24-53(48)59-56(47)49/h1-35H. The van der Waals surface area contributed by atoms with Crippen LogP contribution in [-0.2, 0) is 0 Å². The van der Waals surface area contributed by atoms with E-state index in [-0.39, 0.29) is 0 Å². The minimum Gasteiger partial charge on any atom is -0.455 e. The van der Waals surface area contributed by atoms with E-state index in [0.29, 0.717) is 0 Å². The van der Waals surface area contributed by atoms with E-state index in [9.17, 15) is 0 Å². The Morgan fingerprint density at radius 2 is 1.03 bits per heavy atom. The minimum absolute atomic E-state index is 0.868. The van der Waals surface area contributed by atoms with Crippen LogP contribution < -0.4 is 4.90 Å². The molecular weight excluding hydrogens is 735 g/mol. The van der Waals surface area contributed by atoms with Gasteiger partial charge in [-0.25, -0.2) is 0 Å². The monoisotopic (exact) mass is 769 g/mol. The second-order valence-electron chi connectivity index (χ2n) is 15.3. The second kappa shape index (κ2) is 13.6. The van der Waals surface area contributed by atoms with Crippen molar-refractivity contribution in [3.63, 3.8) is 0 Å². The molecule has 0 N–H and O–H groups in total. The van der Waals surface area contributed by atoms with Gasteiger partial charge in [-0.15, -0.1) is 11.3 Å². The normalized spacial score (nSPS) is 11.7. The van der Waals surface area contributed by atoms with Crippen LogP contribution in [0.3, 0.4) is 0 Å². The van der Waals surface area contributed by atoms with Crippen LogP contribution >= 0.6 is 11.3 Å². The first-order chi connectivity index (χ1) is 29.2. The SMILES string of the molecule is c1cc(-c2ccc(N(c3cccc(-c4cccc5c4sc4ccccc45)c3)c3cccc4oc5c6ccccc6ccc5c34)cc2)cc(-c2ccc3ccccc3c2)c1. The number of anilines is 3. The molecule has 0 spiro atoms. The Labute approximate surface area is 345 Å². The van der Waals surface area contributed by atoms with E-state index in [0.717, 1.165) is 44.4 Å². The van der Waals surface area contributed by atoms with Gasteiger partial charge < -0.3 is 9.32 Å². The zero-order chi connectivity index (χ0) is 38.9. The summed E-state index contributed by atoms with van der Waals surface area (Å²) in [6, 6.07) is 76.9. The smallest absolute Gasteiger partial charge is 0.143 e. The van der Waals surface area contributed by atoms with Crippen molar-refractivity contribution in [2.75, 3.05) is 4.90 Å². The van der Waals surface area contributed by atoms with Crippen LogP contribution in [0.25, 0.3) is 97.0 Å². The maximum atomic E-state index is 6.72. The highest BCUT2D eigenvalue weighted by Gasteiger charge is 2.21. The Morgan fingerprint density at radius 3 is 1.93 bits per heavy atom. The topological polar surface area (TPSA) is 16.4 Å². The maximum absolute atomic E-state index is 6.72. The number of fused-ring (bicyclic) bond motifs is 9. The Hall–Kier alpha value is -7.46. The molecule has 12 aromatic rings. The van der Waals surface area contributed by atoms with Crippen molar-refractivity contribution in [3.05, 3.63) is 212 Å². The van der Waals surface area contributed by atoms with Crippen LogP contribution in [0, 0.1) is 0 Å². The molecule has 0 saturated heterocycles. The Kier molecular flexibility index (Phi) is 7.75. The van der Waals surface area contributed by atoms with Gasteiger partial charge in [0.25, 0.3) is 0 Å². The van der Waals surface area contributed by atoms with Gasteiger partial charge >= 0.3 is 0 Å². The lowest BCUT2D eigenvalue weighted by Crippen LogP contribution is -2.10. The van der Waals surface area contributed by atoms with Gasteiger partial charge in [-0.3, -0.25) is 0 Å². The summed E-state index contributed by atoms with van der Waals surface area (Å²) < 4.78 is 9.34.